The van der Waals surface area contributed by atoms with Crippen molar-refractivity contribution in [1.29, 1.82) is 0 Å². The van der Waals surface area contributed by atoms with Crippen molar-refractivity contribution in [3.8, 4) is 11.3 Å². The second kappa shape index (κ2) is 6.63. The fraction of sp³-hybridized carbons (Fsp3) is 0.450. The molecular weight excluding hydrogens is 378 g/mol. The van der Waals surface area contributed by atoms with Crippen LogP contribution in [0.3, 0.4) is 0 Å². The maximum absolute atomic E-state index is 12.8. The lowest BCUT2D eigenvalue weighted by Crippen LogP contribution is -2.48. The predicted octanol–water partition coefficient (Wildman–Crippen LogP) is 4.13. The first-order chi connectivity index (χ1) is 12.8. The summed E-state index contributed by atoms with van der Waals surface area (Å²) < 4.78 is 0. The summed E-state index contributed by atoms with van der Waals surface area (Å²) >= 11 is 3.13. The Kier molecular flexibility index (Phi) is 4.55. The molecule has 27 heavy (non-hydrogen) atoms. The number of thioether (sulfide) groups is 1. The van der Waals surface area contributed by atoms with Crippen molar-refractivity contribution in [2.45, 2.75) is 51.4 Å². The molecular formula is C20H23N3O2S2. The Morgan fingerprint density at radius 2 is 2.00 bits per heavy atom. The van der Waals surface area contributed by atoms with Gasteiger partial charge in [-0.25, -0.2) is 4.98 Å². The molecule has 2 saturated heterocycles. The van der Waals surface area contributed by atoms with Crippen molar-refractivity contribution in [2.75, 3.05) is 11.1 Å². The van der Waals surface area contributed by atoms with Crippen molar-refractivity contribution in [3.63, 3.8) is 0 Å². The smallest absolute Gasteiger partial charge is 0.249 e. The molecule has 5 nitrogen and oxygen atoms in total. The van der Waals surface area contributed by atoms with E-state index < -0.39 is 6.04 Å². The molecule has 7 heteroatoms. The van der Waals surface area contributed by atoms with Gasteiger partial charge >= 0.3 is 0 Å². The largest absolute Gasteiger partial charge is 0.315 e. The van der Waals surface area contributed by atoms with Crippen molar-refractivity contribution < 1.29 is 9.59 Å². The molecule has 0 saturated carbocycles. The molecule has 3 heterocycles. The van der Waals surface area contributed by atoms with E-state index in [4.69, 9.17) is 0 Å². The molecule has 0 unspecified atom stereocenters. The molecule has 1 N–H and O–H groups in total. The molecule has 1 aromatic heterocycles. The van der Waals surface area contributed by atoms with Gasteiger partial charge in [-0.15, -0.1) is 23.1 Å². The number of thiazole rings is 1. The van der Waals surface area contributed by atoms with Gasteiger partial charge in [0, 0.05) is 23.1 Å². The van der Waals surface area contributed by atoms with E-state index in [1.165, 1.54) is 28.0 Å². The lowest BCUT2D eigenvalue weighted by molar-refractivity contribution is -0.135. The standard InChI is InChI=1S/C20H23N3O2S2/c1-11-7-12(2)17(13(3)8-11)14-9-26-19(21-14)22-18(25)15-10-27-20(4)6-5-16(24)23(15)20/h7-9,15H,5-6,10H2,1-4H3,(H,21,22,25)/t15-,20+/m0/s1. The summed E-state index contributed by atoms with van der Waals surface area (Å²) in [6.45, 7) is 8.31. The average molecular weight is 402 g/mol. The quantitative estimate of drug-likeness (QED) is 0.840. The van der Waals surface area contributed by atoms with Crippen LogP contribution in [0.1, 0.15) is 36.5 Å². The molecule has 0 radical (unpaired) electrons. The first kappa shape index (κ1) is 18.5. The number of aryl methyl sites for hydroxylation is 3. The average Bonchev–Trinajstić information content (AvgIpc) is 3.23. The second-order valence-electron chi connectivity index (χ2n) is 7.57. The molecule has 2 aliphatic rings. The lowest BCUT2D eigenvalue weighted by atomic mass is 9.98. The fourth-order valence-corrected chi connectivity index (χ4v) is 6.37. The van der Waals surface area contributed by atoms with Crippen LogP contribution in [0.2, 0.25) is 0 Å². The molecule has 0 bridgehead atoms. The summed E-state index contributed by atoms with van der Waals surface area (Å²) in [5, 5.41) is 5.50. The molecule has 2 atom stereocenters. The highest BCUT2D eigenvalue weighted by Gasteiger charge is 2.52. The third-order valence-corrected chi connectivity index (χ3v) is 7.68. The number of carbonyl (C=O) groups is 2. The summed E-state index contributed by atoms with van der Waals surface area (Å²) in [5.41, 5.74) is 5.60. The van der Waals surface area contributed by atoms with E-state index in [0.717, 1.165) is 17.7 Å². The number of aromatic nitrogens is 1. The second-order valence-corrected chi connectivity index (χ2v) is 9.93. The number of anilines is 1. The zero-order valence-electron chi connectivity index (χ0n) is 16.0. The number of hydrogen-bond donors (Lipinski definition) is 1. The Morgan fingerprint density at radius 3 is 2.70 bits per heavy atom. The van der Waals surface area contributed by atoms with Crippen molar-refractivity contribution in [3.05, 3.63) is 34.2 Å². The predicted molar refractivity (Wildman–Crippen MR) is 111 cm³/mol. The van der Waals surface area contributed by atoms with Crippen LogP contribution in [-0.4, -0.2) is 38.4 Å². The van der Waals surface area contributed by atoms with Crippen LogP contribution in [0.5, 0.6) is 0 Å². The van der Waals surface area contributed by atoms with Crippen LogP contribution in [0.15, 0.2) is 17.5 Å². The van der Waals surface area contributed by atoms with Gasteiger partial charge < -0.3 is 10.2 Å². The maximum Gasteiger partial charge on any atom is 0.249 e. The summed E-state index contributed by atoms with van der Waals surface area (Å²) in [6, 6.07) is 3.88. The Morgan fingerprint density at radius 1 is 1.30 bits per heavy atom. The van der Waals surface area contributed by atoms with E-state index in [1.54, 1.807) is 16.7 Å². The van der Waals surface area contributed by atoms with Crippen molar-refractivity contribution in [1.82, 2.24) is 9.88 Å². The molecule has 4 rings (SSSR count). The SMILES string of the molecule is Cc1cc(C)c(-c2csc(NC(=O)[C@@H]3CS[C@]4(C)CCC(=O)N34)n2)c(C)c1. The van der Waals surface area contributed by atoms with Crippen molar-refractivity contribution >= 4 is 40.0 Å². The van der Waals surface area contributed by atoms with Crippen LogP contribution in [0.4, 0.5) is 5.13 Å². The third kappa shape index (κ3) is 3.17. The number of fused-ring (bicyclic) bond motifs is 1. The van der Waals surface area contributed by atoms with Gasteiger partial charge in [0.05, 0.1) is 10.6 Å². The Labute approximate surface area is 167 Å². The van der Waals surface area contributed by atoms with Gasteiger partial charge in [0.1, 0.15) is 6.04 Å². The lowest BCUT2D eigenvalue weighted by Gasteiger charge is -2.29. The monoisotopic (exact) mass is 401 g/mol. The number of nitrogens with one attached hydrogen (secondary N) is 1. The van der Waals surface area contributed by atoms with E-state index in [0.29, 0.717) is 17.3 Å². The van der Waals surface area contributed by atoms with Crippen LogP contribution in [-0.2, 0) is 9.59 Å². The van der Waals surface area contributed by atoms with E-state index >= 15 is 0 Å². The van der Waals surface area contributed by atoms with Gasteiger partial charge in [-0.3, -0.25) is 9.59 Å². The zero-order chi connectivity index (χ0) is 19.3. The maximum atomic E-state index is 12.8. The molecule has 142 valence electrons. The first-order valence-corrected chi connectivity index (χ1v) is 11.0. The van der Waals surface area contributed by atoms with Gasteiger partial charge in [0.25, 0.3) is 0 Å². The minimum Gasteiger partial charge on any atom is -0.315 e. The number of carbonyl (C=O) groups excluding carboxylic acids is 2. The van der Waals surface area contributed by atoms with Crippen LogP contribution >= 0.6 is 23.1 Å². The molecule has 2 aliphatic heterocycles. The number of benzene rings is 1. The highest BCUT2D eigenvalue weighted by molar-refractivity contribution is 8.01. The fourth-order valence-electron chi connectivity index (χ4n) is 4.23. The molecule has 2 fully saturated rings. The Balaban J connectivity index is 1.54. The van der Waals surface area contributed by atoms with E-state index in [1.807, 2.05) is 5.38 Å². The summed E-state index contributed by atoms with van der Waals surface area (Å²) in [6.07, 6.45) is 1.34. The highest BCUT2D eigenvalue weighted by Crippen LogP contribution is 2.47. The number of amides is 2. The summed E-state index contributed by atoms with van der Waals surface area (Å²) in [4.78, 5) is 31.2. The minimum absolute atomic E-state index is 0.0772. The highest BCUT2D eigenvalue weighted by atomic mass is 32.2. The Bertz CT molecular complexity index is 916. The summed E-state index contributed by atoms with van der Waals surface area (Å²) in [7, 11) is 0. The molecule has 1 aromatic carbocycles. The third-order valence-electron chi connectivity index (χ3n) is 5.41. The van der Waals surface area contributed by atoms with Gasteiger partial charge in [-0.2, -0.15) is 0 Å². The van der Waals surface area contributed by atoms with Gasteiger partial charge in [-0.05, 0) is 45.2 Å². The van der Waals surface area contributed by atoms with Crippen LogP contribution in [0.25, 0.3) is 11.3 Å². The Hall–Kier alpha value is -1.86. The van der Waals surface area contributed by atoms with E-state index in [-0.39, 0.29) is 16.7 Å². The molecule has 2 amide bonds. The van der Waals surface area contributed by atoms with Gasteiger partial charge in [0.15, 0.2) is 5.13 Å². The van der Waals surface area contributed by atoms with Crippen LogP contribution in [0, 0.1) is 20.8 Å². The number of nitrogens with zero attached hydrogens (tertiary/aromatic N) is 2. The molecule has 2 aromatic rings. The van der Waals surface area contributed by atoms with Crippen molar-refractivity contribution in [2.24, 2.45) is 0 Å². The summed E-state index contributed by atoms with van der Waals surface area (Å²) in [5.74, 6) is 0.579. The van der Waals surface area contributed by atoms with Crippen LogP contribution < -0.4 is 5.32 Å². The number of hydrogen-bond acceptors (Lipinski definition) is 5. The first-order valence-electron chi connectivity index (χ1n) is 9.09. The van der Waals surface area contributed by atoms with Gasteiger partial charge in [0.2, 0.25) is 11.8 Å². The van der Waals surface area contributed by atoms with E-state index in [9.17, 15) is 9.59 Å². The van der Waals surface area contributed by atoms with E-state index in [2.05, 4.69) is 50.1 Å². The minimum atomic E-state index is -0.412. The molecule has 0 aliphatic carbocycles. The topological polar surface area (TPSA) is 62.3 Å². The zero-order valence-corrected chi connectivity index (χ0v) is 17.6. The molecule has 0 spiro atoms. The number of rotatable bonds is 3. The van der Waals surface area contributed by atoms with Gasteiger partial charge in [-0.1, -0.05) is 17.7 Å². The normalized spacial score (nSPS) is 24.4.